The predicted octanol–water partition coefficient (Wildman–Crippen LogP) is 2.83. The van der Waals surface area contributed by atoms with Gasteiger partial charge < -0.3 is 20.3 Å². The zero-order valence-electron chi connectivity index (χ0n) is 13.6. The van der Waals surface area contributed by atoms with Crippen LogP contribution in [0, 0.1) is 11.6 Å². The van der Waals surface area contributed by atoms with Crippen LogP contribution in [0.1, 0.15) is 10.5 Å². The molecule has 0 bridgehead atoms. The minimum Gasteiger partial charge on any atom is -0.505 e. The zero-order chi connectivity index (χ0) is 19.6. The van der Waals surface area contributed by atoms with Crippen LogP contribution in [0.2, 0.25) is 0 Å². The number of amides is 1. The summed E-state index contributed by atoms with van der Waals surface area (Å²) in [6.07, 6.45) is 1.28. The Balaban J connectivity index is 1.89. The fourth-order valence-corrected chi connectivity index (χ4v) is 2.38. The Morgan fingerprint density at radius 1 is 1.07 bits per heavy atom. The number of carboxylic acids is 1. The third kappa shape index (κ3) is 4.09. The number of nitrogens with zero attached hydrogens (tertiary/aromatic N) is 1. The van der Waals surface area contributed by atoms with Gasteiger partial charge in [-0.15, -0.1) is 0 Å². The molecular formula is C18H12F2N2O5. The van der Waals surface area contributed by atoms with E-state index < -0.39 is 35.8 Å². The summed E-state index contributed by atoms with van der Waals surface area (Å²) in [7, 11) is 0. The maximum Gasteiger partial charge on any atom is 0.322 e. The number of aromatic nitrogens is 1. The number of ether oxygens (including phenoxy) is 1. The summed E-state index contributed by atoms with van der Waals surface area (Å²) in [5, 5.41) is 21.6. The number of carbonyl (C=O) groups is 2. The lowest BCUT2D eigenvalue weighted by Gasteiger charge is -2.10. The molecule has 1 amide bonds. The van der Waals surface area contributed by atoms with E-state index in [-0.39, 0.29) is 22.6 Å². The van der Waals surface area contributed by atoms with Crippen LogP contribution in [-0.4, -0.2) is 33.6 Å². The van der Waals surface area contributed by atoms with E-state index in [0.29, 0.717) is 11.5 Å². The molecule has 27 heavy (non-hydrogen) atoms. The summed E-state index contributed by atoms with van der Waals surface area (Å²) in [6.45, 7) is -0.616. The number of aliphatic carboxylic acids is 1. The van der Waals surface area contributed by atoms with Crippen LogP contribution in [-0.2, 0) is 4.79 Å². The third-order valence-corrected chi connectivity index (χ3v) is 3.52. The van der Waals surface area contributed by atoms with Crippen LogP contribution in [0.15, 0.2) is 42.6 Å². The van der Waals surface area contributed by atoms with Crippen LogP contribution >= 0.6 is 0 Å². The number of pyridine rings is 1. The number of hydrogen-bond donors (Lipinski definition) is 3. The van der Waals surface area contributed by atoms with Gasteiger partial charge >= 0.3 is 5.97 Å². The van der Waals surface area contributed by atoms with Crippen LogP contribution in [0.5, 0.6) is 17.2 Å². The fourth-order valence-electron chi connectivity index (χ4n) is 2.38. The van der Waals surface area contributed by atoms with E-state index in [1.54, 1.807) is 0 Å². The van der Waals surface area contributed by atoms with Crippen molar-refractivity contribution in [1.29, 1.82) is 0 Å². The Bertz CT molecular complexity index is 1040. The van der Waals surface area contributed by atoms with E-state index in [9.17, 15) is 23.5 Å². The minimum absolute atomic E-state index is 0.0475. The fraction of sp³-hybridized carbons (Fsp3) is 0.0556. The molecule has 9 heteroatoms. The molecule has 0 saturated carbocycles. The maximum absolute atomic E-state index is 13.2. The summed E-state index contributed by atoms with van der Waals surface area (Å²) in [5.41, 5.74) is -0.329. The van der Waals surface area contributed by atoms with Gasteiger partial charge in [-0.3, -0.25) is 9.59 Å². The van der Waals surface area contributed by atoms with E-state index >= 15 is 0 Å². The number of nitrogens with one attached hydrogen (secondary N) is 1. The van der Waals surface area contributed by atoms with E-state index in [1.807, 2.05) is 0 Å². The Kier molecular flexibility index (Phi) is 4.84. The first-order chi connectivity index (χ1) is 12.8. The molecular weight excluding hydrogens is 362 g/mol. The Morgan fingerprint density at radius 3 is 2.44 bits per heavy atom. The first-order valence-corrected chi connectivity index (χ1v) is 7.59. The molecule has 138 valence electrons. The lowest BCUT2D eigenvalue weighted by Crippen LogP contribution is -2.29. The van der Waals surface area contributed by atoms with Gasteiger partial charge in [0.1, 0.15) is 29.7 Å². The van der Waals surface area contributed by atoms with Crippen molar-refractivity contribution in [2.24, 2.45) is 0 Å². The van der Waals surface area contributed by atoms with Gasteiger partial charge in [-0.2, -0.15) is 0 Å². The highest BCUT2D eigenvalue weighted by atomic mass is 19.1. The SMILES string of the molecule is O=C(O)CNC(=O)c1ncc2cc(Oc3cc(F)cc(F)c3)ccc2c1O. The van der Waals surface area contributed by atoms with E-state index in [1.165, 1.54) is 24.4 Å². The first kappa shape index (κ1) is 18.1. The second-order valence-electron chi connectivity index (χ2n) is 5.49. The third-order valence-electron chi connectivity index (χ3n) is 3.52. The first-order valence-electron chi connectivity index (χ1n) is 7.59. The van der Waals surface area contributed by atoms with E-state index in [2.05, 4.69) is 10.3 Å². The van der Waals surface area contributed by atoms with Crippen molar-refractivity contribution in [2.75, 3.05) is 6.54 Å². The quantitative estimate of drug-likeness (QED) is 0.634. The average Bonchev–Trinajstić information content (AvgIpc) is 2.59. The van der Waals surface area contributed by atoms with Crippen molar-refractivity contribution in [1.82, 2.24) is 10.3 Å². The largest absolute Gasteiger partial charge is 0.505 e. The Labute approximate surface area is 150 Å². The molecule has 0 fully saturated rings. The number of halogens is 2. The Morgan fingerprint density at radius 2 is 1.78 bits per heavy atom. The van der Waals surface area contributed by atoms with E-state index in [4.69, 9.17) is 9.84 Å². The molecule has 3 aromatic rings. The molecule has 0 aliphatic heterocycles. The molecule has 1 heterocycles. The van der Waals surface area contributed by atoms with E-state index in [0.717, 1.165) is 12.1 Å². The van der Waals surface area contributed by atoms with Crippen LogP contribution in [0.4, 0.5) is 8.78 Å². The smallest absolute Gasteiger partial charge is 0.322 e. The van der Waals surface area contributed by atoms with Crippen molar-refractivity contribution in [3.63, 3.8) is 0 Å². The molecule has 0 atom stereocenters. The topological polar surface area (TPSA) is 109 Å². The molecule has 0 unspecified atom stereocenters. The number of hydrogen-bond acceptors (Lipinski definition) is 5. The normalized spacial score (nSPS) is 10.6. The summed E-state index contributed by atoms with van der Waals surface area (Å²) >= 11 is 0. The van der Waals surface area contributed by atoms with Crippen molar-refractivity contribution < 1.29 is 33.3 Å². The van der Waals surface area contributed by atoms with Gasteiger partial charge in [0, 0.05) is 35.2 Å². The second kappa shape index (κ2) is 7.24. The van der Waals surface area contributed by atoms with Gasteiger partial charge in [-0.1, -0.05) is 0 Å². The zero-order valence-corrected chi connectivity index (χ0v) is 13.6. The number of carboxylic acid groups (broad SMARTS) is 1. The monoisotopic (exact) mass is 374 g/mol. The van der Waals surface area contributed by atoms with Gasteiger partial charge in [0.15, 0.2) is 11.4 Å². The van der Waals surface area contributed by atoms with Crippen molar-refractivity contribution in [2.45, 2.75) is 0 Å². The molecule has 0 saturated heterocycles. The summed E-state index contributed by atoms with van der Waals surface area (Å²) in [6, 6.07) is 7.07. The number of rotatable bonds is 5. The standard InChI is InChI=1S/C18H12F2N2O5/c19-10-4-11(20)6-13(5-10)27-12-1-2-14-9(3-12)7-21-16(17(14)25)18(26)22-8-15(23)24/h1-7,25H,8H2,(H,22,26)(H,23,24). The molecule has 1 aromatic heterocycles. The summed E-state index contributed by atoms with van der Waals surface area (Å²) < 4.78 is 31.9. The number of aromatic hydroxyl groups is 1. The summed E-state index contributed by atoms with van der Waals surface area (Å²) in [4.78, 5) is 26.2. The van der Waals surface area contributed by atoms with Gasteiger partial charge in [0.05, 0.1) is 0 Å². The highest BCUT2D eigenvalue weighted by Gasteiger charge is 2.17. The lowest BCUT2D eigenvalue weighted by molar-refractivity contribution is -0.135. The lowest BCUT2D eigenvalue weighted by atomic mass is 10.1. The Hall–Kier alpha value is -3.75. The number of carbonyl (C=O) groups excluding carboxylic acids is 1. The molecule has 3 N–H and O–H groups in total. The van der Waals surface area contributed by atoms with Crippen molar-refractivity contribution in [3.05, 3.63) is 59.9 Å². The number of fused-ring (bicyclic) bond motifs is 1. The molecule has 2 aromatic carbocycles. The molecule has 3 rings (SSSR count). The predicted molar refractivity (Wildman–Crippen MR) is 89.8 cm³/mol. The minimum atomic E-state index is -1.24. The second-order valence-corrected chi connectivity index (χ2v) is 5.49. The van der Waals surface area contributed by atoms with Crippen LogP contribution in [0.3, 0.4) is 0 Å². The van der Waals surface area contributed by atoms with Gasteiger partial charge in [0.2, 0.25) is 0 Å². The average molecular weight is 374 g/mol. The van der Waals surface area contributed by atoms with Gasteiger partial charge in [0.25, 0.3) is 5.91 Å². The van der Waals surface area contributed by atoms with Crippen LogP contribution < -0.4 is 10.1 Å². The van der Waals surface area contributed by atoms with Gasteiger partial charge in [-0.25, -0.2) is 13.8 Å². The van der Waals surface area contributed by atoms with Crippen LogP contribution in [0.25, 0.3) is 10.8 Å². The van der Waals surface area contributed by atoms with Crippen molar-refractivity contribution >= 4 is 22.6 Å². The number of benzene rings is 2. The highest BCUT2D eigenvalue weighted by Crippen LogP contribution is 2.31. The molecule has 0 spiro atoms. The molecule has 0 aliphatic rings. The molecule has 0 aliphatic carbocycles. The molecule has 0 radical (unpaired) electrons. The molecule has 7 nitrogen and oxygen atoms in total. The van der Waals surface area contributed by atoms with Crippen molar-refractivity contribution in [3.8, 4) is 17.2 Å². The maximum atomic E-state index is 13.2. The highest BCUT2D eigenvalue weighted by molar-refractivity contribution is 6.02. The van der Waals surface area contributed by atoms with Gasteiger partial charge in [-0.05, 0) is 18.2 Å². The summed E-state index contributed by atoms with van der Waals surface area (Å²) in [5.74, 6) is -3.90.